The van der Waals surface area contributed by atoms with Crippen molar-refractivity contribution in [3.05, 3.63) is 54.1 Å². The quantitative estimate of drug-likeness (QED) is 0.436. The van der Waals surface area contributed by atoms with Gasteiger partial charge in [-0.3, -0.25) is 0 Å². The monoisotopic (exact) mass is 399 g/mol. The molecule has 3 atom stereocenters. The zero-order chi connectivity index (χ0) is 20.0. The molecule has 2 nitrogen and oxygen atoms in total. The zero-order valence-electron chi connectivity index (χ0n) is 18.1. The van der Waals surface area contributed by atoms with Crippen molar-refractivity contribution in [1.29, 1.82) is 0 Å². The highest BCUT2D eigenvalue weighted by Gasteiger charge is 2.50. The molecule has 0 spiro atoms. The van der Waals surface area contributed by atoms with Crippen LogP contribution in [-0.2, 0) is 0 Å². The van der Waals surface area contributed by atoms with E-state index in [9.17, 15) is 0 Å². The second-order valence-corrected chi connectivity index (χ2v) is 18.4. The van der Waals surface area contributed by atoms with Crippen molar-refractivity contribution in [1.82, 2.24) is 0 Å². The van der Waals surface area contributed by atoms with Crippen molar-refractivity contribution in [2.75, 3.05) is 12.0 Å². The maximum absolute atomic E-state index is 5.36. The Balaban J connectivity index is 2.13. The summed E-state index contributed by atoms with van der Waals surface area (Å²) < 4.78 is 5.36. The molecule has 0 saturated heterocycles. The van der Waals surface area contributed by atoms with E-state index >= 15 is 0 Å². The number of nitrogens with zero attached hydrogens (tertiary/aromatic N) is 1. The molecule has 0 aliphatic carbocycles. The van der Waals surface area contributed by atoms with Crippen LogP contribution in [0.25, 0.3) is 0 Å². The third-order valence-electron chi connectivity index (χ3n) is 5.44. The van der Waals surface area contributed by atoms with Crippen LogP contribution >= 0.6 is 7.92 Å². The second kappa shape index (κ2) is 7.26. The Kier molecular flexibility index (Phi) is 5.49. The third-order valence-corrected chi connectivity index (χ3v) is 13.4. The van der Waals surface area contributed by atoms with Crippen molar-refractivity contribution >= 4 is 27.0 Å². The standard InChI is InChI=1S/C23H34NOPSi/c1-17(18-13-15-19(25-5)16-14-18)24-20-11-9-10-12-21(20)26(23(2,3)4)22(24)27(6,7)8/h9-17,22H,1-8H3/t17-,22-,26?/m0/s1. The van der Waals surface area contributed by atoms with Gasteiger partial charge in [-0.1, -0.05) is 70.7 Å². The van der Waals surface area contributed by atoms with Crippen LogP contribution in [-0.4, -0.2) is 25.7 Å². The molecule has 0 N–H and O–H groups in total. The number of benzene rings is 2. The minimum Gasteiger partial charge on any atom is -0.497 e. The van der Waals surface area contributed by atoms with E-state index in [1.54, 1.807) is 12.4 Å². The van der Waals surface area contributed by atoms with Gasteiger partial charge in [0.15, 0.2) is 0 Å². The molecule has 0 radical (unpaired) electrons. The summed E-state index contributed by atoms with van der Waals surface area (Å²) in [5.74, 6) is 0.923. The summed E-state index contributed by atoms with van der Waals surface area (Å²) in [7, 11) is 0.0258. The van der Waals surface area contributed by atoms with E-state index < -0.39 is 8.07 Å². The first-order chi connectivity index (χ1) is 12.6. The van der Waals surface area contributed by atoms with Crippen LogP contribution < -0.4 is 14.9 Å². The highest BCUT2D eigenvalue weighted by molar-refractivity contribution is 7.71. The smallest absolute Gasteiger partial charge is 0.118 e. The predicted molar refractivity (Wildman–Crippen MR) is 124 cm³/mol. The molecule has 2 aromatic carbocycles. The number of fused-ring (bicyclic) bond motifs is 1. The summed E-state index contributed by atoms with van der Waals surface area (Å²) in [4.78, 5) is 2.76. The molecule has 1 heterocycles. The van der Waals surface area contributed by atoms with Crippen LogP contribution in [0.3, 0.4) is 0 Å². The lowest BCUT2D eigenvalue weighted by Crippen LogP contribution is -2.50. The normalized spacial score (nSPS) is 21.1. The molecule has 0 saturated carbocycles. The van der Waals surface area contributed by atoms with E-state index in [1.165, 1.54) is 11.3 Å². The van der Waals surface area contributed by atoms with Crippen LogP contribution in [0.2, 0.25) is 19.6 Å². The molecule has 146 valence electrons. The first kappa shape index (κ1) is 20.4. The van der Waals surface area contributed by atoms with Gasteiger partial charge in [-0.15, -0.1) is 0 Å². The Hall–Kier alpha value is -1.31. The Morgan fingerprint density at radius 1 is 1.00 bits per heavy atom. The number of ether oxygens (including phenoxy) is 1. The van der Waals surface area contributed by atoms with Gasteiger partial charge in [-0.25, -0.2) is 0 Å². The molecule has 0 fully saturated rings. The van der Waals surface area contributed by atoms with E-state index in [1.807, 2.05) is 0 Å². The maximum atomic E-state index is 5.36. The van der Waals surface area contributed by atoms with Gasteiger partial charge in [0, 0.05) is 16.4 Å². The summed E-state index contributed by atoms with van der Waals surface area (Å²) >= 11 is 0. The summed E-state index contributed by atoms with van der Waals surface area (Å²) in [6, 6.07) is 18.1. The Bertz CT molecular complexity index is 791. The van der Waals surface area contributed by atoms with Gasteiger partial charge in [0.1, 0.15) is 5.75 Å². The molecule has 0 aromatic heterocycles. The third kappa shape index (κ3) is 3.82. The number of hydrogen-bond donors (Lipinski definition) is 0. The molecule has 3 rings (SSSR count). The van der Waals surface area contributed by atoms with Gasteiger partial charge in [-0.05, 0) is 43.8 Å². The van der Waals surface area contributed by atoms with Crippen LogP contribution in [0.4, 0.5) is 5.69 Å². The van der Waals surface area contributed by atoms with Gasteiger partial charge in [0.05, 0.1) is 21.2 Å². The lowest BCUT2D eigenvalue weighted by atomic mass is 10.1. The van der Waals surface area contributed by atoms with Gasteiger partial charge in [-0.2, -0.15) is 0 Å². The summed E-state index contributed by atoms with van der Waals surface area (Å²) in [6.45, 7) is 17.3. The van der Waals surface area contributed by atoms with E-state index in [2.05, 4.69) is 101 Å². The van der Waals surface area contributed by atoms with E-state index in [-0.39, 0.29) is 7.92 Å². The predicted octanol–water partition coefficient (Wildman–Crippen LogP) is 6.39. The van der Waals surface area contributed by atoms with Gasteiger partial charge < -0.3 is 9.64 Å². The molecular weight excluding hydrogens is 365 g/mol. The molecule has 1 aliphatic heterocycles. The van der Waals surface area contributed by atoms with E-state index in [4.69, 9.17) is 4.74 Å². The Morgan fingerprint density at radius 3 is 2.11 bits per heavy atom. The molecule has 27 heavy (non-hydrogen) atoms. The SMILES string of the molecule is COc1ccc([C@H](C)N2c3ccccc3P(C(C)(C)C)[C@H]2[Si](C)(C)C)cc1. The van der Waals surface area contributed by atoms with E-state index in [0.29, 0.717) is 16.6 Å². The fourth-order valence-electron chi connectivity index (χ4n) is 4.27. The highest BCUT2D eigenvalue weighted by Crippen LogP contribution is 2.63. The lowest BCUT2D eigenvalue weighted by molar-refractivity contribution is 0.414. The zero-order valence-corrected chi connectivity index (χ0v) is 20.0. The number of hydrogen-bond acceptors (Lipinski definition) is 2. The van der Waals surface area contributed by atoms with Crippen molar-refractivity contribution in [3.8, 4) is 5.75 Å². The molecule has 2 aromatic rings. The van der Waals surface area contributed by atoms with Crippen molar-refractivity contribution in [3.63, 3.8) is 0 Å². The average molecular weight is 400 g/mol. The van der Waals surface area contributed by atoms with Crippen LogP contribution in [0.15, 0.2) is 48.5 Å². The molecule has 1 unspecified atom stereocenters. The van der Waals surface area contributed by atoms with Crippen molar-refractivity contribution in [2.24, 2.45) is 0 Å². The van der Waals surface area contributed by atoms with Crippen molar-refractivity contribution < 1.29 is 4.74 Å². The lowest BCUT2D eigenvalue weighted by Gasteiger charge is -2.45. The molecule has 0 bridgehead atoms. The number of para-hydroxylation sites is 1. The van der Waals surface area contributed by atoms with E-state index in [0.717, 1.165) is 5.75 Å². The first-order valence-corrected chi connectivity index (χ1v) is 14.8. The summed E-state index contributed by atoms with van der Waals surface area (Å²) in [5.41, 5.74) is 2.81. The Morgan fingerprint density at radius 2 is 1.59 bits per heavy atom. The van der Waals surface area contributed by atoms with Gasteiger partial charge in [0.25, 0.3) is 0 Å². The fourth-order valence-corrected chi connectivity index (χ4v) is 13.1. The minimum atomic E-state index is -1.44. The van der Waals surface area contributed by atoms with Gasteiger partial charge >= 0.3 is 0 Å². The molecule has 0 amide bonds. The van der Waals surface area contributed by atoms with Crippen molar-refractivity contribution in [2.45, 2.75) is 63.9 Å². The number of rotatable bonds is 4. The largest absolute Gasteiger partial charge is 0.497 e. The van der Waals surface area contributed by atoms with Crippen LogP contribution in [0.5, 0.6) is 5.75 Å². The highest BCUT2D eigenvalue weighted by atomic mass is 31.1. The number of methoxy groups -OCH3 is 1. The Labute approximate surface area is 167 Å². The summed E-state index contributed by atoms with van der Waals surface area (Å²) in [6.07, 6.45) is 0. The summed E-state index contributed by atoms with van der Waals surface area (Å²) in [5, 5.41) is 2.53. The molecule has 1 aliphatic rings. The number of anilines is 1. The fraction of sp³-hybridized carbons (Fsp3) is 0.478. The van der Waals surface area contributed by atoms with Crippen LogP contribution in [0.1, 0.15) is 39.3 Å². The topological polar surface area (TPSA) is 12.5 Å². The van der Waals surface area contributed by atoms with Gasteiger partial charge in [0.2, 0.25) is 0 Å². The molecular formula is C23H34NOPSi. The first-order valence-electron chi connectivity index (χ1n) is 9.86. The molecule has 4 heteroatoms. The second-order valence-electron chi connectivity index (χ2n) is 9.63. The maximum Gasteiger partial charge on any atom is 0.118 e. The minimum absolute atomic E-state index is 0.262. The average Bonchev–Trinajstić information content (AvgIpc) is 2.97. The van der Waals surface area contributed by atoms with Crippen LogP contribution in [0, 0.1) is 0 Å².